The van der Waals surface area contributed by atoms with Gasteiger partial charge in [0.1, 0.15) is 0 Å². The molecule has 0 unspecified atom stereocenters. The fraction of sp³-hybridized carbons (Fsp3) is 0.500. The topological polar surface area (TPSA) is 55.4 Å². The Bertz CT molecular complexity index is 484. The maximum Gasteiger partial charge on any atom is 0.306 e. The minimum atomic E-state index is -0.313. The molecule has 2 rings (SSSR count). The molecule has 1 amide bonds. The molecule has 0 aromatic heterocycles. The van der Waals surface area contributed by atoms with E-state index in [4.69, 9.17) is 4.74 Å². The SMILES string of the molecule is CCOC(=O)CCC(=O)N[C@H]1CCCc2ccccc21. The van der Waals surface area contributed by atoms with Crippen LogP contribution in [0.25, 0.3) is 0 Å². The lowest BCUT2D eigenvalue weighted by molar-refractivity contribution is -0.144. The molecule has 1 aromatic rings. The van der Waals surface area contributed by atoms with Gasteiger partial charge in [0.05, 0.1) is 19.1 Å². The van der Waals surface area contributed by atoms with Crippen LogP contribution in [0.4, 0.5) is 0 Å². The van der Waals surface area contributed by atoms with Crippen LogP contribution in [-0.4, -0.2) is 18.5 Å². The molecule has 1 aliphatic carbocycles. The summed E-state index contributed by atoms with van der Waals surface area (Å²) in [5, 5.41) is 3.03. The smallest absolute Gasteiger partial charge is 0.306 e. The second kappa shape index (κ2) is 7.08. The number of nitrogens with one attached hydrogen (secondary N) is 1. The maximum absolute atomic E-state index is 11.9. The highest BCUT2D eigenvalue weighted by atomic mass is 16.5. The summed E-state index contributed by atoms with van der Waals surface area (Å²) in [4.78, 5) is 23.1. The molecule has 1 aliphatic rings. The highest BCUT2D eigenvalue weighted by molar-refractivity contribution is 5.81. The molecule has 0 heterocycles. The van der Waals surface area contributed by atoms with Crippen molar-refractivity contribution >= 4 is 11.9 Å². The molecule has 0 spiro atoms. The molecule has 0 saturated heterocycles. The van der Waals surface area contributed by atoms with Crippen molar-refractivity contribution < 1.29 is 14.3 Å². The third-order valence-corrected chi connectivity index (χ3v) is 3.57. The third kappa shape index (κ3) is 3.83. The van der Waals surface area contributed by atoms with Crippen molar-refractivity contribution in [2.45, 2.75) is 45.1 Å². The summed E-state index contributed by atoms with van der Waals surface area (Å²) in [7, 11) is 0. The van der Waals surface area contributed by atoms with Gasteiger partial charge in [0.15, 0.2) is 0 Å². The van der Waals surface area contributed by atoms with E-state index in [2.05, 4.69) is 17.4 Å². The van der Waals surface area contributed by atoms with E-state index in [1.165, 1.54) is 11.1 Å². The van der Waals surface area contributed by atoms with Gasteiger partial charge >= 0.3 is 5.97 Å². The van der Waals surface area contributed by atoms with Crippen LogP contribution in [0.2, 0.25) is 0 Å². The molecule has 1 N–H and O–H groups in total. The van der Waals surface area contributed by atoms with E-state index < -0.39 is 0 Å². The third-order valence-electron chi connectivity index (χ3n) is 3.57. The van der Waals surface area contributed by atoms with Crippen molar-refractivity contribution in [2.75, 3.05) is 6.61 Å². The monoisotopic (exact) mass is 275 g/mol. The molecule has 0 radical (unpaired) electrons. The first-order valence-electron chi connectivity index (χ1n) is 7.23. The molecular weight excluding hydrogens is 254 g/mol. The molecule has 4 nitrogen and oxygen atoms in total. The van der Waals surface area contributed by atoms with Crippen molar-refractivity contribution in [3.05, 3.63) is 35.4 Å². The zero-order chi connectivity index (χ0) is 14.4. The number of carbonyl (C=O) groups is 2. The number of esters is 1. The molecule has 0 aliphatic heterocycles. The van der Waals surface area contributed by atoms with Gasteiger partial charge in [-0.1, -0.05) is 24.3 Å². The van der Waals surface area contributed by atoms with Gasteiger partial charge in [-0.2, -0.15) is 0 Å². The van der Waals surface area contributed by atoms with Crippen molar-refractivity contribution in [1.29, 1.82) is 0 Å². The van der Waals surface area contributed by atoms with Crippen LogP contribution in [0, 0.1) is 0 Å². The molecule has 20 heavy (non-hydrogen) atoms. The fourth-order valence-corrected chi connectivity index (χ4v) is 2.62. The molecule has 108 valence electrons. The Morgan fingerprint density at radius 2 is 2.10 bits per heavy atom. The zero-order valence-corrected chi connectivity index (χ0v) is 11.9. The van der Waals surface area contributed by atoms with Gasteiger partial charge in [-0.15, -0.1) is 0 Å². The Balaban J connectivity index is 1.88. The minimum Gasteiger partial charge on any atom is -0.466 e. The molecule has 1 aromatic carbocycles. The quantitative estimate of drug-likeness (QED) is 0.840. The van der Waals surface area contributed by atoms with Gasteiger partial charge in [-0.25, -0.2) is 0 Å². The second-order valence-electron chi connectivity index (χ2n) is 5.02. The summed E-state index contributed by atoms with van der Waals surface area (Å²) in [6, 6.07) is 8.30. The molecule has 1 atom stereocenters. The number of amides is 1. The van der Waals surface area contributed by atoms with Gasteiger partial charge in [-0.05, 0) is 37.3 Å². The Morgan fingerprint density at radius 3 is 2.90 bits per heavy atom. The average molecular weight is 275 g/mol. The van der Waals surface area contributed by atoms with E-state index in [0.29, 0.717) is 6.61 Å². The Hall–Kier alpha value is -1.84. The number of carbonyl (C=O) groups excluding carboxylic acids is 2. The van der Waals surface area contributed by atoms with Crippen LogP contribution in [0.1, 0.15) is 49.8 Å². The number of hydrogen-bond acceptors (Lipinski definition) is 3. The first kappa shape index (κ1) is 14.6. The first-order chi connectivity index (χ1) is 9.70. The van der Waals surface area contributed by atoms with Gasteiger partial charge in [-0.3, -0.25) is 9.59 Å². The van der Waals surface area contributed by atoms with Gasteiger partial charge < -0.3 is 10.1 Å². The number of aryl methyl sites for hydroxylation is 1. The van der Waals surface area contributed by atoms with E-state index in [1.54, 1.807) is 6.92 Å². The van der Waals surface area contributed by atoms with Crippen LogP contribution in [0.3, 0.4) is 0 Å². The number of ether oxygens (including phenoxy) is 1. The van der Waals surface area contributed by atoms with E-state index in [1.807, 2.05) is 12.1 Å². The van der Waals surface area contributed by atoms with Crippen LogP contribution in [-0.2, 0) is 20.7 Å². The van der Waals surface area contributed by atoms with Crippen molar-refractivity contribution in [3.63, 3.8) is 0 Å². The zero-order valence-electron chi connectivity index (χ0n) is 11.9. The number of hydrogen-bond donors (Lipinski definition) is 1. The van der Waals surface area contributed by atoms with Gasteiger partial charge in [0.25, 0.3) is 0 Å². The summed E-state index contributed by atoms with van der Waals surface area (Å²) in [5.74, 6) is -0.397. The lowest BCUT2D eigenvalue weighted by atomic mass is 9.87. The van der Waals surface area contributed by atoms with Crippen molar-refractivity contribution in [3.8, 4) is 0 Å². The van der Waals surface area contributed by atoms with E-state index in [0.717, 1.165) is 19.3 Å². The summed E-state index contributed by atoms with van der Waals surface area (Å²) >= 11 is 0. The maximum atomic E-state index is 11.9. The van der Waals surface area contributed by atoms with Crippen molar-refractivity contribution in [2.24, 2.45) is 0 Å². The number of benzene rings is 1. The van der Waals surface area contributed by atoms with E-state index >= 15 is 0 Å². The summed E-state index contributed by atoms with van der Waals surface area (Å²) < 4.78 is 4.82. The highest BCUT2D eigenvalue weighted by Gasteiger charge is 2.21. The van der Waals surface area contributed by atoms with Crippen LogP contribution in [0.5, 0.6) is 0 Å². The molecule has 0 saturated carbocycles. The molecule has 4 heteroatoms. The lowest BCUT2D eigenvalue weighted by Gasteiger charge is -2.26. The lowest BCUT2D eigenvalue weighted by Crippen LogP contribution is -2.31. The summed E-state index contributed by atoms with van der Waals surface area (Å²) in [6.07, 6.45) is 3.46. The summed E-state index contributed by atoms with van der Waals surface area (Å²) in [5.41, 5.74) is 2.53. The van der Waals surface area contributed by atoms with Crippen LogP contribution in [0.15, 0.2) is 24.3 Å². The predicted octanol–water partition coefficient (Wildman–Crippen LogP) is 2.52. The second-order valence-corrected chi connectivity index (χ2v) is 5.02. The Morgan fingerprint density at radius 1 is 1.30 bits per heavy atom. The largest absolute Gasteiger partial charge is 0.466 e. The van der Waals surface area contributed by atoms with Crippen LogP contribution >= 0.6 is 0 Å². The standard InChI is InChI=1S/C16H21NO3/c1-2-20-16(19)11-10-15(18)17-14-9-5-7-12-6-3-4-8-13(12)14/h3-4,6,8,14H,2,5,7,9-11H2,1H3,(H,17,18)/t14-/m0/s1. The highest BCUT2D eigenvalue weighted by Crippen LogP contribution is 2.29. The van der Waals surface area contributed by atoms with Crippen molar-refractivity contribution in [1.82, 2.24) is 5.32 Å². The van der Waals surface area contributed by atoms with E-state index in [-0.39, 0.29) is 30.8 Å². The Kier molecular flexibility index (Phi) is 5.16. The Labute approximate surface area is 119 Å². The molecule has 0 bridgehead atoms. The molecule has 0 fully saturated rings. The summed E-state index contributed by atoms with van der Waals surface area (Å²) in [6.45, 7) is 2.12. The minimum absolute atomic E-state index is 0.0784. The average Bonchev–Trinajstić information content (AvgIpc) is 2.46. The van der Waals surface area contributed by atoms with Crippen LogP contribution < -0.4 is 5.32 Å². The van der Waals surface area contributed by atoms with Gasteiger partial charge in [0, 0.05) is 6.42 Å². The number of rotatable bonds is 5. The first-order valence-corrected chi connectivity index (χ1v) is 7.23. The predicted molar refractivity (Wildman–Crippen MR) is 76.1 cm³/mol. The normalized spacial score (nSPS) is 17.1. The number of fused-ring (bicyclic) bond motifs is 1. The fourth-order valence-electron chi connectivity index (χ4n) is 2.62. The molecular formula is C16H21NO3. The van der Waals surface area contributed by atoms with E-state index in [9.17, 15) is 9.59 Å². The van der Waals surface area contributed by atoms with Gasteiger partial charge in [0.2, 0.25) is 5.91 Å².